The minimum atomic E-state index is 1.11. The first-order chi connectivity index (χ1) is 10.6. The maximum atomic E-state index is 2.38. The monoisotopic (exact) mass is 328 g/mol. The van der Waals surface area contributed by atoms with Crippen molar-refractivity contribution in [3.63, 3.8) is 0 Å². The first kappa shape index (κ1) is 16.0. The van der Waals surface area contributed by atoms with Gasteiger partial charge in [0.05, 0.1) is 0 Å². The molecule has 2 aliphatic heterocycles. The lowest BCUT2D eigenvalue weighted by molar-refractivity contribution is 1.11. The molecule has 0 radical (unpaired) electrons. The van der Waals surface area contributed by atoms with Gasteiger partial charge in [-0.3, -0.25) is 0 Å². The molecule has 0 N–H and O–H groups in total. The molecule has 116 valence electrons. The van der Waals surface area contributed by atoms with Gasteiger partial charge < -0.3 is 0 Å². The number of fused-ring (bicyclic) bond motifs is 6. The van der Waals surface area contributed by atoms with E-state index in [1.807, 2.05) is 23.5 Å². The Bertz CT molecular complexity index is 616. The van der Waals surface area contributed by atoms with E-state index < -0.39 is 0 Å². The maximum absolute atomic E-state index is 2.38. The lowest BCUT2D eigenvalue weighted by Gasteiger charge is -2.20. The summed E-state index contributed by atoms with van der Waals surface area (Å²) in [7, 11) is 0. The molecular formula is C20H24S2. The summed E-state index contributed by atoms with van der Waals surface area (Å²) in [4.78, 5) is 0. The Hall–Kier alpha value is -0.860. The van der Waals surface area contributed by atoms with Crippen molar-refractivity contribution in [3.8, 4) is 0 Å². The largest absolute Gasteiger partial charge is 0.152 e. The second kappa shape index (κ2) is 6.72. The Morgan fingerprint density at radius 2 is 1.05 bits per heavy atom. The van der Waals surface area contributed by atoms with Gasteiger partial charge in [-0.05, 0) is 72.2 Å². The van der Waals surface area contributed by atoms with Crippen molar-refractivity contribution in [2.24, 2.45) is 0 Å². The number of benzene rings is 2. The quantitative estimate of drug-likeness (QED) is 0.573. The predicted octanol–water partition coefficient (Wildman–Crippen LogP) is 6.10. The molecule has 2 aliphatic rings. The second-order valence-corrected chi connectivity index (χ2v) is 8.23. The molecule has 0 saturated heterocycles. The summed E-state index contributed by atoms with van der Waals surface area (Å²) in [5.41, 5.74) is 12.1. The molecule has 0 atom stereocenters. The van der Waals surface area contributed by atoms with Gasteiger partial charge in [0.1, 0.15) is 0 Å². The number of rotatable bonds is 0. The Kier molecular flexibility index (Phi) is 4.89. The van der Waals surface area contributed by atoms with E-state index in [1.165, 1.54) is 33.4 Å². The smallest absolute Gasteiger partial charge is 0.0193 e. The second-order valence-electron chi connectivity index (χ2n) is 6.26. The lowest BCUT2D eigenvalue weighted by atomic mass is 9.90. The molecule has 0 saturated carbocycles. The van der Waals surface area contributed by atoms with Gasteiger partial charge in [0.2, 0.25) is 0 Å². The fourth-order valence-electron chi connectivity index (χ4n) is 3.25. The van der Waals surface area contributed by atoms with Crippen LogP contribution in [-0.2, 0) is 23.0 Å². The fraction of sp³-hybridized carbons (Fsp3) is 0.400. The van der Waals surface area contributed by atoms with Gasteiger partial charge in [-0.2, -0.15) is 23.5 Å². The number of thioether (sulfide) groups is 2. The highest BCUT2D eigenvalue weighted by Gasteiger charge is 2.15. The van der Waals surface area contributed by atoms with Crippen molar-refractivity contribution in [1.29, 1.82) is 0 Å². The van der Waals surface area contributed by atoms with Crippen molar-refractivity contribution in [3.05, 3.63) is 68.8 Å². The average molecular weight is 329 g/mol. The first-order valence-electron chi connectivity index (χ1n) is 7.89. The summed E-state index contributed by atoms with van der Waals surface area (Å²) in [6, 6.07) is 9.12. The molecule has 22 heavy (non-hydrogen) atoms. The van der Waals surface area contributed by atoms with Gasteiger partial charge in [-0.15, -0.1) is 0 Å². The van der Waals surface area contributed by atoms with Gasteiger partial charge in [0.15, 0.2) is 0 Å². The van der Waals surface area contributed by atoms with Crippen LogP contribution >= 0.6 is 23.5 Å². The van der Waals surface area contributed by atoms with Crippen LogP contribution in [0.3, 0.4) is 0 Å². The summed E-state index contributed by atoms with van der Waals surface area (Å²) in [6.45, 7) is 9.24. The highest BCUT2D eigenvalue weighted by atomic mass is 32.2. The van der Waals surface area contributed by atoms with Crippen molar-refractivity contribution in [2.45, 2.75) is 50.7 Å². The zero-order valence-electron chi connectivity index (χ0n) is 14.0. The van der Waals surface area contributed by atoms with Crippen LogP contribution in [0.5, 0.6) is 0 Å². The van der Waals surface area contributed by atoms with Gasteiger partial charge in [0.25, 0.3) is 0 Å². The van der Waals surface area contributed by atoms with E-state index in [0.29, 0.717) is 0 Å². The zero-order valence-corrected chi connectivity index (χ0v) is 15.6. The van der Waals surface area contributed by atoms with Crippen LogP contribution < -0.4 is 0 Å². The third kappa shape index (κ3) is 3.09. The van der Waals surface area contributed by atoms with E-state index in [9.17, 15) is 0 Å². The van der Waals surface area contributed by atoms with Gasteiger partial charge in [-0.1, -0.05) is 24.3 Å². The molecule has 0 fully saturated rings. The Morgan fingerprint density at radius 1 is 0.636 bits per heavy atom. The Labute approximate surface area is 143 Å². The van der Waals surface area contributed by atoms with E-state index in [2.05, 4.69) is 52.0 Å². The highest BCUT2D eigenvalue weighted by molar-refractivity contribution is 7.98. The van der Waals surface area contributed by atoms with Gasteiger partial charge >= 0.3 is 0 Å². The zero-order chi connectivity index (χ0) is 15.7. The van der Waals surface area contributed by atoms with Crippen LogP contribution in [0, 0.1) is 27.7 Å². The summed E-state index contributed by atoms with van der Waals surface area (Å²) < 4.78 is 0. The molecule has 2 heteroatoms. The standard InChI is InChI=1S/C20H24S2/c1-13-14(2)20-12-22-10-18-7-5-6-17(8-18)9-21-11-19(13)15(3)16(20)4/h5-8H,9-12H2,1-4H3. The SMILES string of the molecule is Cc1c(C)c2c(C)c(C)c1CSCc1cccc(c1)CSC2. The van der Waals surface area contributed by atoms with Crippen LogP contribution in [0.2, 0.25) is 0 Å². The van der Waals surface area contributed by atoms with E-state index in [-0.39, 0.29) is 0 Å². The minimum Gasteiger partial charge on any atom is -0.152 e. The van der Waals surface area contributed by atoms with Gasteiger partial charge in [-0.25, -0.2) is 0 Å². The van der Waals surface area contributed by atoms with Crippen molar-refractivity contribution in [1.82, 2.24) is 0 Å². The van der Waals surface area contributed by atoms with E-state index >= 15 is 0 Å². The summed E-state index contributed by atoms with van der Waals surface area (Å²) in [5, 5.41) is 0. The van der Waals surface area contributed by atoms with Crippen LogP contribution in [0.4, 0.5) is 0 Å². The first-order valence-corrected chi connectivity index (χ1v) is 10.2. The van der Waals surface area contributed by atoms with Crippen molar-refractivity contribution >= 4 is 23.5 Å². The van der Waals surface area contributed by atoms with Gasteiger partial charge in [0, 0.05) is 23.0 Å². The third-order valence-corrected chi connectivity index (χ3v) is 7.02. The topological polar surface area (TPSA) is 0 Å². The molecular weight excluding hydrogens is 304 g/mol. The molecule has 0 nitrogen and oxygen atoms in total. The minimum absolute atomic E-state index is 1.11. The summed E-state index contributed by atoms with van der Waals surface area (Å²) in [6.07, 6.45) is 0. The molecule has 4 bridgehead atoms. The normalized spacial score (nSPS) is 15.1. The van der Waals surface area contributed by atoms with Crippen molar-refractivity contribution < 1.29 is 0 Å². The molecule has 0 spiro atoms. The summed E-state index contributed by atoms with van der Waals surface area (Å²) >= 11 is 4.09. The van der Waals surface area contributed by atoms with Crippen LogP contribution in [0.1, 0.15) is 44.5 Å². The lowest BCUT2D eigenvalue weighted by Crippen LogP contribution is -2.04. The van der Waals surface area contributed by atoms with Crippen LogP contribution in [0.15, 0.2) is 24.3 Å². The Balaban J connectivity index is 2.03. The van der Waals surface area contributed by atoms with Crippen molar-refractivity contribution in [2.75, 3.05) is 0 Å². The predicted molar refractivity (Wildman–Crippen MR) is 102 cm³/mol. The molecule has 4 rings (SSSR count). The van der Waals surface area contributed by atoms with Crippen LogP contribution in [0.25, 0.3) is 0 Å². The molecule has 0 aromatic heterocycles. The number of hydrogen-bond donors (Lipinski definition) is 0. The summed E-state index contributed by atoms with van der Waals surface area (Å²) in [5.74, 6) is 4.46. The molecule has 2 aromatic carbocycles. The maximum Gasteiger partial charge on any atom is 0.0193 e. The van der Waals surface area contributed by atoms with Crippen LogP contribution in [-0.4, -0.2) is 0 Å². The van der Waals surface area contributed by atoms with E-state index in [0.717, 1.165) is 23.0 Å². The molecule has 0 amide bonds. The van der Waals surface area contributed by atoms with E-state index in [1.54, 1.807) is 11.1 Å². The van der Waals surface area contributed by atoms with E-state index in [4.69, 9.17) is 0 Å². The third-order valence-electron chi connectivity index (χ3n) is 4.96. The fourth-order valence-corrected chi connectivity index (χ4v) is 5.56. The molecule has 2 heterocycles. The highest BCUT2D eigenvalue weighted by Crippen LogP contribution is 2.33. The molecule has 0 aliphatic carbocycles. The molecule has 0 unspecified atom stereocenters. The average Bonchev–Trinajstić information content (AvgIpc) is 2.53. The Morgan fingerprint density at radius 3 is 1.45 bits per heavy atom. The molecule has 2 aromatic rings. The number of hydrogen-bond acceptors (Lipinski definition) is 2.